The van der Waals surface area contributed by atoms with E-state index in [1.165, 1.54) is 51.7 Å². The first-order chi connectivity index (χ1) is 15.4. The second-order valence-electron chi connectivity index (χ2n) is 6.39. The largest absolute Gasteiger partial charge is 0.497 e. The van der Waals surface area contributed by atoms with Crippen molar-refractivity contribution in [3.8, 4) is 23.0 Å². The van der Waals surface area contributed by atoms with Gasteiger partial charge in [0, 0.05) is 0 Å². The Bertz CT molecular complexity index is 1120. The van der Waals surface area contributed by atoms with Gasteiger partial charge in [-0.05, 0) is 66.7 Å². The van der Waals surface area contributed by atoms with E-state index >= 15 is 0 Å². The number of carbonyl (C=O) groups is 3. The molecule has 0 N–H and O–H groups in total. The van der Waals surface area contributed by atoms with E-state index in [0.29, 0.717) is 17.1 Å². The molecule has 3 rings (SSSR count). The molecule has 0 spiro atoms. The Hall–Kier alpha value is -4.33. The molecule has 32 heavy (non-hydrogen) atoms. The minimum Gasteiger partial charge on any atom is -0.497 e. The fourth-order valence-electron chi connectivity index (χ4n) is 2.71. The molecule has 0 aliphatic heterocycles. The lowest BCUT2D eigenvalue weighted by atomic mass is 10.1. The first kappa shape index (κ1) is 22.4. The molecular weight excluding hydrogens is 416 g/mol. The molecule has 3 aromatic rings. The Morgan fingerprint density at radius 2 is 1.03 bits per heavy atom. The lowest BCUT2D eigenvalue weighted by Crippen LogP contribution is -2.13. The van der Waals surface area contributed by atoms with Crippen molar-refractivity contribution in [2.75, 3.05) is 21.3 Å². The summed E-state index contributed by atoms with van der Waals surface area (Å²) in [6.07, 6.45) is 0. The summed E-state index contributed by atoms with van der Waals surface area (Å²) in [5.41, 5.74) is 0.478. The molecule has 0 bridgehead atoms. The average molecular weight is 436 g/mol. The summed E-state index contributed by atoms with van der Waals surface area (Å²) >= 11 is 0. The fourth-order valence-corrected chi connectivity index (χ4v) is 2.71. The topological polar surface area (TPSA) is 97.4 Å². The summed E-state index contributed by atoms with van der Waals surface area (Å²) in [4.78, 5) is 37.1. The van der Waals surface area contributed by atoms with Crippen LogP contribution in [0, 0.1) is 0 Å². The molecule has 0 saturated heterocycles. The first-order valence-electron chi connectivity index (χ1n) is 9.40. The van der Waals surface area contributed by atoms with Gasteiger partial charge in [-0.2, -0.15) is 0 Å². The van der Waals surface area contributed by atoms with Crippen molar-refractivity contribution in [3.05, 3.63) is 83.4 Å². The molecule has 0 atom stereocenters. The van der Waals surface area contributed by atoms with Gasteiger partial charge in [-0.3, -0.25) is 0 Å². The zero-order chi connectivity index (χ0) is 23.1. The lowest BCUT2D eigenvalue weighted by molar-refractivity contribution is 0.0589. The van der Waals surface area contributed by atoms with E-state index in [-0.39, 0.29) is 22.6 Å². The third-order valence-electron chi connectivity index (χ3n) is 4.42. The average Bonchev–Trinajstić information content (AvgIpc) is 2.84. The minimum absolute atomic E-state index is 0.0399. The van der Waals surface area contributed by atoms with Crippen LogP contribution in [0.5, 0.6) is 23.0 Å². The molecule has 0 saturated carbocycles. The smallest absolute Gasteiger partial charge is 0.343 e. The number of hydrogen-bond acceptors (Lipinski definition) is 8. The van der Waals surface area contributed by atoms with E-state index in [4.69, 9.17) is 23.7 Å². The molecule has 0 radical (unpaired) electrons. The highest BCUT2D eigenvalue weighted by molar-refractivity contribution is 5.97. The number of rotatable bonds is 7. The van der Waals surface area contributed by atoms with Crippen LogP contribution in [0.1, 0.15) is 31.1 Å². The fraction of sp³-hybridized carbons (Fsp3) is 0.125. The van der Waals surface area contributed by atoms with Gasteiger partial charge in [0.2, 0.25) is 0 Å². The highest BCUT2D eigenvalue weighted by atomic mass is 16.5. The van der Waals surface area contributed by atoms with Crippen LogP contribution in [0.2, 0.25) is 0 Å². The van der Waals surface area contributed by atoms with Gasteiger partial charge in [0.05, 0.1) is 32.5 Å². The van der Waals surface area contributed by atoms with Crippen molar-refractivity contribution in [2.24, 2.45) is 0 Å². The molecule has 0 aromatic heterocycles. The van der Waals surface area contributed by atoms with Crippen LogP contribution in [0.4, 0.5) is 0 Å². The van der Waals surface area contributed by atoms with E-state index in [0.717, 1.165) is 0 Å². The lowest BCUT2D eigenvalue weighted by Gasteiger charge is -2.11. The predicted molar refractivity (Wildman–Crippen MR) is 114 cm³/mol. The number of ether oxygens (including phenoxy) is 5. The van der Waals surface area contributed by atoms with Gasteiger partial charge in [0.15, 0.2) is 0 Å². The van der Waals surface area contributed by atoms with Gasteiger partial charge in [0.1, 0.15) is 28.6 Å². The molecular formula is C24H20O8. The Balaban J connectivity index is 1.80. The Kier molecular flexibility index (Phi) is 7.07. The van der Waals surface area contributed by atoms with Gasteiger partial charge in [-0.1, -0.05) is 0 Å². The van der Waals surface area contributed by atoms with Crippen molar-refractivity contribution in [3.63, 3.8) is 0 Å². The van der Waals surface area contributed by atoms with Crippen LogP contribution in [-0.4, -0.2) is 39.2 Å². The van der Waals surface area contributed by atoms with E-state index in [2.05, 4.69) is 0 Å². The number of methoxy groups -OCH3 is 3. The summed E-state index contributed by atoms with van der Waals surface area (Å²) in [7, 11) is 4.22. The summed E-state index contributed by atoms with van der Waals surface area (Å²) in [6.45, 7) is 0. The van der Waals surface area contributed by atoms with Crippen molar-refractivity contribution in [2.45, 2.75) is 0 Å². The maximum atomic E-state index is 12.5. The van der Waals surface area contributed by atoms with Gasteiger partial charge in [0.25, 0.3) is 0 Å². The van der Waals surface area contributed by atoms with Gasteiger partial charge < -0.3 is 23.7 Å². The van der Waals surface area contributed by atoms with Crippen LogP contribution in [0.15, 0.2) is 66.7 Å². The standard InChI is InChI=1S/C24H20O8/c1-28-17-8-4-15(5-9-17)22(25)31-19-12-13-21(20(14-19)24(27)30-3)32-23(26)16-6-10-18(29-2)11-7-16/h4-14H,1-3H3. The summed E-state index contributed by atoms with van der Waals surface area (Å²) in [5.74, 6) is -0.855. The van der Waals surface area contributed by atoms with E-state index < -0.39 is 17.9 Å². The van der Waals surface area contributed by atoms with Crippen LogP contribution in [-0.2, 0) is 4.74 Å². The van der Waals surface area contributed by atoms with E-state index in [9.17, 15) is 14.4 Å². The quantitative estimate of drug-likeness (QED) is 0.406. The Labute approximate surface area is 184 Å². The van der Waals surface area contributed by atoms with Crippen molar-refractivity contribution in [1.29, 1.82) is 0 Å². The predicted octanol–water partition coefficient (Wildman–Crippen LogP) is 3.93. The molecule has 0 aliphatic carbocycles. The second-order valence-corrected chi connectivity index (χ2v) is 6.39. The first-order valence-corrected chi connectivity index (χ1v) is 9.40. The van der Waals surface area contributed by atoms with Crippen molar-refractivity contribution >= 4 is 17.9 Å². The number of benzene rings is 3. The van der Waals surface area contributed by atoms with E-state index in [1.807, 2.05) is 0 Å². The molecule has 0 fully saturated rings. The third-order valence-corrected chi connectivity index (χ3v) is 4.42. The zero-order valence-electron chi connectivity index (χ0n) is 17.6. The summed E-state index contributed by atoms with van der Waals surface area (Å²) in [6, 6.07) is 16.7. The Morgan fingerprint density at radius 3 is 1.50 bits per heavy atom. The Morgan fingerprint density at radius 1 is 0.562 bits per heavy atom. The molecule has 8 heteroatoms. The molecule has 3 aromatic carbocycles. The highest BCUT2D eigenvalue weighted by Crippen LogP contribution is 2.27. The molecule has 164 valence electrons. The molecule has 0 aliphatic rings. The summed E-state index contributed by atoms with van der Waals surface area (Å²) in [5, 5.41) is 0. The SMILES string of the molecule is COC(=O)c1cc(OC(=O)c2ccc(OC)cc2)ccc1OC(=O)c1ccc(OC)cc1. The van der Waals surface area contributed by atoms with Gasteiger partial charge in [-0.25, -0.2) is 14.4 Å². The van der Waals surface area contributed by atoms with Gasteiger partial charge in [-0.15, -0.1) is 0 Å². The number of esters is 3. The number of hydrogen-bond donors (Lipinski definition) is 0. The maximum Gasteiger partial charge on any atom is 0.343 e. The van der Waals surface area contributed by atoms with Crippen LogP contribution >= 0.6 is 0 Å². The molecule has 8 nitrogen and oxygen atoms in total. The molecule has 0 heterocycles. The normalized spacial score (nSPS) is 10.1. The van der Waals surface area contributed by atoms with E-state index in [1.54, 1.807) is 36.4 Å². The van der Waals surface area contributed by atoms with Crippen molar-refractivity contribution < 1.29 is 38.1 Å². The third kappa shape index (κ3) is 5.23. The maximum absolute atomic E-state index is 12.5. The number of carbonyl (C=O) groups excluding carboxylic acids is 3. The highest BCUT2D eigenvalue weighted by Gasteiger charge is 2.20. The summed E-state index contributed by atoms with van der Waals surface area (Å²) < 4.78 is 25.6. The minimum atomic E-state index is -0.759. The van der Waals surface area contributed by atoms with Gasteiger partial charge >= 0.3 is 17.9 Å². The van der Waals surface area contributed by atoms with Crippen LogP contribution in [0.3, 0.4) is 0 Å². The van der Waals surface area contributed by atoms with Crippen LogP contribution < -0.4 is 18.9 Å². The second kappa shape index (κ2) is 10.1. The van der Waals surface area contributed by atoms with Crippen molar-refractivity contribution in [1.82, 2.24) is 0 Å². The van der Waals surface area contributed by atoms with Crippen LogP contribution in [0.25, 0.3) is 0 Å². The molecule has 0 amide bonds. The molecule has 0 unspecified atom stereocenters. The monoisotopic (exact) mass is 436 g/mol. The zero-order valence-corrected chi connectivity index (χ0v) is 17.6.